The van der Waals surface area contributed by atoms with Crippen LogP contribution < -0.4 is 9.47 Å². The average molecular weight is 266 g/mol. The van der Waals surface area contributed by atoms with Gasteiger partial charge < -0.3 is 9.47 Å². The molecule has 19 heavy (non-hydrogen) atoms. The molecule has 0 aliphatic carbocycles. The number of ketones is 1. The topological polar surface area (TPSA) is 61.3 Å². The largest absolute Gasteiger partial charge is 0.480 e. The maximum Gasteiger partial charge on any atom is 0.246 e. The molecule has 0 aliphatic rings. The first kappa shape index (κ1) is 15.4. The van der Waals surface area contributed by atoms with E-state index in [4.69, 9.17) is 9.47 Å². The van der Waals surface area contributed by atoms with Crippen LogP contribution in [0.5, 0.6) is 11.8 Å². The van der Waals surface area contributed by atoms with E-state index in [1.54, 1.807) is 0 Å². The zero-order valence-electron chi connectivity index (χ0n) is 11.9. The first-order chi connectivity index (χ1) is 9.22. The Morgan fingerprint density at radius 3 is 2.53 bits per heavy atom. The lowest BCUT2D eigenvalue weighted by atomic mass is 10.1. The summed E-state index contributed by atoms with van der Waals surface area (Å²) in [7, 11) is 2.97. The summed E-state index contributed by atoms with van der Waals surface area (Å²) in [6.07, 6.45) is 7.48. The number of nitrogens with zero attached hydrogens (tertiary/aromatic N) is 2. The molecule has 0 bridgehead atoms. The Morgan fingerprint density at radius 1 is 1.16 bits per heavy atom. The number of aromatic nitrogens is 2. The van der Waals surface area contributed by atoms with E-state index in [-0.39, 0.29) is 11.7 Å². The summed E-state index contributed by atoms with van der Waals surface area (Å²) in [5.74, 6) is 0.553. The fraction of sp³-hybridized carbons (Fsp3) is 0.643. The maximum absolute atomic E-state index is 12.0. The number of hydrogen-bond donors (Lipinski definition) is 0. The molecule has 1 aromatic rings. The van der Waals surface area contributed by atoms with Gasteiger partial charge in [0.2, 0.25) is 11.8 Å². The van der Waals surface area contributed by atoms with Gasteiger partial charge >= 0.3 is 0 Å². The summed E-state index contributed by atoms with van der Waals surface area (Å²) >= 11 is 0. The third-order valence-electron chi connectivity index (χ3n) is 2.89. The SMILES string of the molecule is CCCCCCCC(=O)c1ncc(OC)nc1OC. The third-order valence-corrected chi connectivity index (χ3v) is 2.89. The van der Waals surface area contributed by atoms with E-state index in [0.717, 1.165) is 12.8 Å². The summed E-state index contributed by atoms with van der Waals surface area (Å²) in [4.78, 5) is 20.2. The number of Topliss-reactive ketones (excluding diaryl/α,β-unsaturated/α-hetero) is 1. The van der Waals surface area contributed by atoms with E-state index in [1.807, 2.05) is 0 Å². The predicted molar refractivity (Wildman–Crippen MR) is 72.8 cm³/mol. The molecule has 0 aromatic carbocycles. The quantitative estimate of drug-likeness (QED) is 0.508. The summed E-state index contributed by atoms with van der Waals surface area (Å²) in [6.45, 7) is 2.17. The van der Waals surface area contributed by atoms with Gasteiger partial charge in [-0.05, 0) is 6.42 Å². The van der Waals surface area contributed by atoms with Crippen molar-refractivity contribution in [2.24, 2.45) is 0 Å². The Balaban J connectivity index is 2.56. The number of rotatable bonds is 9. The highest BCUT2D eigenvalue weighted by molar-refractivity contribution is 5.96. The first-order valence-corrected chi connectivity index (χ1v) is 6.71. The fourth-order valence-electron chi connectivity index (χ4n) is 1.80. The van der Waals surface area contributed by atoms with Crippen molar-refractivity contribution >= 4 is 5.78 Å². The van der Waals surface area contributed by atoms with Crippen molar-refractivity contribution in [3.05, 3.63) is 11.9 Å². The molecule has 0 N–H and O–H groups in total. The average Bonchev–Trinajstić information content (AvgIpc) is 2.46. The Hall–Kier alpha value is -1.65. The lowest BCUT2D eigenvalue weighted by Gasteiger charge is -2.07. The van der Waals surface area contributed by atoms with E-state index in [0.29, 0.717) is 18.0 Å². The molecule has 0 aliphatic heterocycles. The highest BCUT2D eigenvalue weighted by atomic mass is 16.5. The van der Waals surface area contributed by atoms with Gasteiger partial charge in [-0.1, -0.05) is 32.6 Å². The molecule has 0 fully saturated rings. The van der Waals surface area contributed by atoms with E-state index < -0.39 is 0 Å². The lowest BCUT2D eigenvalue weighted by molar-refractivity contribution is 0.0970. The first-order valence-electron chi connectivity index (χ1n) is 6.71. The fourth-order valence-corrected chi connectivity index (χ4v) is 1.80. The Labute approximate surface area is 114 Å². The van der Waals surface area contributed by atoms with Gasteiger partial charge in [0.15, 0.2) is 11.5 Å². The highest BCUT2D eigenvalue weighted by Gasteiger charge is 2.16. The lowest BCUT2D eigenvalue weighted by Crippen LogP contribution is -2.07. The summed E-state index contributed by atoms with van der Waals surface area (Å²) in [5.41, 5.74) is 0.291. The van der Waals surface area contributed by atoms with E-state index in [1.165, 1.54) is 39.7 Å². The minimum Gasteiger partial charge on any atom is -0.480 e. The minimum atomic E-state index is -0.0245. The smallest absolute Gasteiger partial charge is 0.246 e. The van der Waals surface area contributed by atoms with Crippen molar-refractivity contribution in [1.82, 2.24) is 9.97 Å². The molecule has 0 spiro atoms. The molecule has 0 atom stereocenters. The normalized spacial score (nSPS) is 10.3. The second-order valence-electron chi connectivity index (χ2n) is 4.36. The molecule has 0 unspecified atom stereocenters. The molecule has 1 aromatic heterocycles. The van der Waals surface area contributed by atoms with Crippen molar-refractivity contribution in [2.75, 3.05) is 14.2 Å². The molecule has 1 rings (SSSR count). The van der Waals surface area contributed by atoms with E-state index >= 15 is 0 Å². The molecule has 1 heterocycles. The monoisotopic (exact) mass is 266 g/mol. The summed E-state index contributed by atoms with van der Waals surface area (Å²) in [5, 5.41) is 0. The van der Waals surface area contributed by atoms with Gasteiger partial charge in [0.25, 0.3) is 0 Å². The van der Waals surface area contributed by atoms with E-state index in [9.17, 15) is 4.79 Å². The number of carbonyl (C=O) groups excluding carboxylic acids is 1. The predicted octanol–water partition coefficient (Wildman–Crippen LogP) is 3.04. The minimum absolute atomic E-state index is 0.0245. The second kappa shape index (κ2) is 8.45. The molecular weight excluding hydrogens is 244 g/mol. The zero-order valence-corrected chi connectivity index (χ0v) is 11.9. The van der Waals surface area contributed by atoms with Crippen LogP contribution in [0.4, 0.5) is 0 Å². The Bertz CT molecular complexity index is 408. The second-order valence-corrected chi connectivity index (χ2v) is 4.36. The van der Waals surface area contributed by atoms with Gasteiger partial charge in [-0.15, -0.1) is 0 Å². The van der Waals surface area contributed by atoms with Crippen molar-refractivity contribution < 1.29 is 14.3 Å². The van der Waals surface area contributed by atoms with Crippen molar-refractivity contribution in [3.8, 4) is 11.8 Å². The molecule has 0 saturated heterocycles. The van der Waals surface area contributed by atoms with Gasteiger partial charge in [-0.3, -0.25) is 4.79 Å². The van der Waals surface area contributed by atoms with Crippen LogP contribution in [0.15, 0.2) is 6.20 Å². The molecule has 0 saturated carbocycles. The van der Waals surface area contributed by atoms with Gasteiger partial charge in [-0.2, -0.15) is 4.98 Å². The van der Waals surface area contributed by atoms with Crippen molar-refractivity contribution in [1.29, 1.82) is 0 Å². The van der Waals surface area contributed by atoms with Crippen LogP contribution in [-0.4, -0.2) is 30.0 Å². The maximum atomic E-state index is 12.0. The molecule has 5 heteroatoms. The van der Waals surface area contributed by atoms with Crippen molar-refractivity contribution in [2.45, 2.75) is 45.4 Å². The number of ether oxygens (including phenoxy) is 2. The number of hydrogen-bond acceptors (Lipinski definition) is 5. The van der Waals surface area contributed by atoms with Crippen LogP contribution in [0, 0.1) is 0 Å². The molecule has 0 radical (unpaired) electrons. The van der Waals surface area contributed by atoms with Crippen LogP contribution >= 0.6 is 0 Å². The van der Waals surface area contributed by atoms with Crippen LogP contribution in [0.25, 0.3) is 0 Å². The van der Waals surface area contributed by atoms with Crippen LogP contribution in [0.1, 0.15) is 55.9 Å². The number of carbonyl (C=O) groups is 1. The zero-order chi connectivity index (χ0) is 14.1. The highest BCUT2D eigenvalue weighted by Crippen LogP contribution is 2.19. The molecule has 0 amide bonds. The van der Waals surface area contributed by atoms with Gasteiger partial charge in [0.05, 0.1) is 20.4 Å². The van der Waals surface area contributed by atoms with E-state index in [2.05, 4.69) is 16.9 Å². The molecular formula is C14H22N2O3. The van der Waals surface area contributed by atoms with Crippen LogP contribution in [0.3, 0.4) is 0 Å². The standard InChI is InChI=1S/C14H22N2O3/c1-4-5-6-7-8-9-11(17)13-14(19-3)16-12(18-2)10-15-13/h10H,4-9H2,1-3H3. The summed E-state index contributed by atoms with van der Waals surface area (Å²) < 4.78 is 10.0. The molecule has 106 valence electrons. The Kier molecular flexibility index (Phi) is 6.85. The third kappa shape index (κ3) is 4.85. The van der Waals surface area contributed by atoms with Gasteiger partial charge in [0, 0.05) is 6.42 Å². The summed E-state index contributed by atoms with van der Waals surface area (Å²) in [6, 6.07) is 0. The number of methoxy groups -OCH3 is 2. The number of unbranched alkanes of at least 4 members (excludes halogenated alkanes) is 4. The van der Waals surface area contributed by atoms with Crippen LogP contribution in [-0.2, 0) is 0 Å². The van der Waals surface area contributed by atoms with Gasteiger partial charge in [0.1, 0.15) is 0 Å². The van der Waals surface area contributed by atoms with Crippen LogP contribution in [0.2, 0.25) is 0 Å². The van der Waals surface area contributed by atoms with Gasteiger partial charge in [-0.25, -0.2) is 4.98 Å². The molecule has 5 nitrogen and oxygen atoms in total. The van der Waals surface area contributed by atoms with Crippen molar-refractivity contribution in [3.63, 3.8) is 0 Å². The Morgan fingerprint density at radius 2 is 1.89 bits per heavy atom.